The van der Waals surface area contributed by atoms with Crippen LogP contribution in [0.4, 0.5) is 0 Å². The monoisotopic (exact) mass is 288 g/mol. The Labute approximate surface area is 127 Å². The maximum Gasteiger partial charge on any atom is 0.00772 e. The van der Waals surface area contributed by atoms with Crippen LogP contribution in [0.2, 0.25) is 0 Å². The van der Waals surface area contributed by atoms with E-state index in [0.29, 0.717) is 0 Å². The highest BCUT2D eigenvalue weighted by molar-refractivity contribution is 4.52. The molecule has 0 saturated carbocycles. The van der Waals surface area contributed by atoms with E-state index in [1.807, 2.05) is 0 Å². The van der Waals surface area contributed by atoms with Crippen LogP contribution in [0.25, 0.3) is 0 Å². The molecule has 20 heavy (non-hydrogen) atoms. The highest BCUT2D eigenvalue weighted by Crippen LogP contribution is 1.93. The molecule has 4 heteroatoms. The Bertz CT molecular complexity index is 141. The Balaban J connectivity index is 0. The van der Waals surface area contributed by atoms with Gasteiger partial charge in [-0.3, -0.25) is 0 Å². The van der Waals surface area contributed by atoms with E-state index >= 15 is 0 Å². The Morgan fingerprint density at radius 2 is 1.30 bits per heavy atom. The Morgan fingerprint density at radius 3 is 1.80 bits per heavy atom. The molecule has 0 aliphatic carbocycles. The molecule has 124 valence electrons. The SMILES string of the molecule is CCCCCN(C)C.CCCCCNCCNCCN. The van der Waals surface area contributed by atoms with Crippen molar-refractivity contribution >= 4 is 0 Å². The maximum atomic E-state index is 5.33. The van der Waals surface area contributed by atoms with Gasteiger partial charge in [-0.15, -0.1) is 0 Å². The van der Waals surface area contributed by atoms with Gasteiger partial charge >= 0.3 is 0 Å². The summed E-state index contributed by atoms with van der Waals surface area (Å²) in [5.74, 6) is 0. The minimum Gasteiger partial charge on any atom is -0.329 e. The Kier molecular flexibility index (Phi) is 23.4. The smallest absolute Gasteiger partial charge is 0.00772 e. The predicted molar refractivity (Wildman–Crippen MR) is 92.4 cm³/mol. The van der Waals surface area contributed by atoms with Crippen LogP contribution in [0, 0.1) is 0 Å². The molecule has 0 bridgehead atoms. The first-order chi connectivity index (χ1) is 9.68. The van der Waals surface area contributed by atoms with Crippen LogP contribution in [0.3, 0.4) is 0 Å². The zero-order valence-corrected chi connectivity index (χ0v) is 14.5. The van der Waals surface area contributed by atoms with Crippen molar-refractivity contribution in [3.8, 4) is 0 Å². The molecule has 0 aliphatic rings. The molecule has 0 rings (SSSR count). The van der Waals surface area contributed by atoms with Gasteiger partial charge in [-0.25, -0.2) is 0 Å². The van der Waals surface area contributed by atoms with Crippen LogP contribution >= 0.6 is 0 Å². The normalized spacial score (nSPS) is 10.5. The number of rotatable bonds is 13. The summed E-state index contributed by atoms with van der Waals surface area (Å²) in [7, 11) is 4.24. The maximum absolute atomic E-state index is 5.33. The molecule has 0 aliphatic heterocycles. The third kappa shape index (κ3) is 26.4. The predicted octanol–water partition coefficient (Wildman–Crippen LogP) is 2.05. The summed E-state index contributed by atoms with van der Waals surface area (Å²) in [6.07, 6.45) is 7.99. The number of hydrogen-bond donors (Lipinski definition) is 3. The Hall–Kier alpha value is -0.160. The van der Waals surface area contributed by atoms with Crippen LogP contribution in [0.1, 0.15) is 52.4 Å². The molecule has 0 unspecified atom stereocenters. The van der Waals surface area contributed by atoms with Gasteiger partial charge in [0.1, 0.15) is 0 Å². The summed E-state index contributed by atoms with van der Waals surface area (Å²) < 4.78 is 0. The van der Waals surface area contributed by atoms with Crippen molar-refractivity contribution in [2.45, 2.75) is 52.4 Å². The number of unbranched alkanes of at least 4 members (excludes halogenated alkanes) is 4. The lowest BCUT2D eigenvalue weighted by Gasteiger charge is -2.06. The van der Waals surface area contributed by atoms with E-state index in [0.717, 1.165) is 32.7 Å². The van der Waals surface area contributed by atoms with Gasteiger partial charge in [0.2, 0.25) is 0 Å². The van der Waals surface area contributed by atoms with Crippen molar-refractivity contribution in [1.82, 2.24) is 15.5 Å². The topological polar surface area (TPSA) is 53.3 Å². The molecule has 0 atom stereocenters. The first kappa shape index (κ1) is 22.1. The molecule has 0 radical (unpaired) electrons. The zero-order chi connectivity index (χ0) is 15.5. The van der Waals surface area contributed by atoms with Gasteiger partial charge < -0.3 is 21.3 Å². The third-order valence-corrected chi connectivity index (χ3v) is 2.97. The Morgan fingerprint density at radius 1 is 0.750 bits per heavy atom. The van der Waals surface area contributed by atoms with Crippen molar-refractivity contribution in [1.29, 1.82) is 0 Å². The fourth-order valence-corrected chi connectivity index (χ4v) is 1.71. The molecular weight excluding hydrogens is 248 g/mol. The molecule has 0 saturated heterocycles. The van der Waals surface area contributed by atoms with Gasteiger partial charge in [-0.2, -0.15) is 0 Å². The quantitative estimate of drug-likeness (QED) is 0.454. The molecule has 0 heterocycles. The minimum atomic E-state index is 0.732. The van der Waals surface area contributed by atoms with Crippen LogP contribution in [-0.2, 0) is 0 Å². The van der Waals surface area contributed by atoms with Gasteiger partial charge in [-0.1, -0.05) is 39.5 Å². The molecular formula is C16H40N4. The fourth-order valence-electron chi connectivity index (χ4n) is 1.71. The van der Waals surface area contributed by atoms with E-state index in [2.05, 4.69) is 43.5 Å². The molecule has 0 aromatic heterocycles. The van der Waals surface area contributed by atoms with E-state index in [4.69, 9.17) is 5.73 Å². The number of nitrogens with zero attached hydrogens (tertiary/aromatic N) is 1. The van der Waals surface area contributed by atoms with Crippen LogP contribution < -0.4 is 16.4 Å². The minimum absolute atomic E-state index is 0.732. The fraction of sp³-hybridized carbons (Fsp3) is 1.00. The van der Waals surface area contributed by atoms with Crippen molar-refractivity contribution in [2.24, 2.45) is 5.73 Å². The van der Waals surface area contributed by atoms with E-state index in [9.17, 15) is 0 Å². The largest absolute Gasteiger partial charge is 0.329 e. The highest BCUT2D eigenvalue weighted by atomic mass is 15.0. The van der Waals surface area contributed by atoms with E-state index in [1.165, 1.54) is 45.1 Å². The summed E-state index contributed by atoms with van der Waals surface area (Å²) in [5.41, 5.74) is 5.33. The van der Waals surface area contributed by atoms with Crippen LogP contribution in [-0.4, -0.2) is 58.3 Å². The lowest BCUT2D eigenvalue weighted by Crippen LogP contribution is -2.31. The van der Waals surface area contributed by atoms with Crippen molar-refractivity contribution in [3.05, 3.63) is 0 Å². The van der Waals surface area contributed by atoms with Crippen molar-refractivity contribution in [3.63, 3.8) is 0 Å². The molecule has 0 spiro atoms. The average Bonchev–Trinajstić information content (AvgIpc) is 2.43. The summed E-state index contributed by atoms with van der Waals surface area (Å²) in [5, 5.41) is 6.61. The summed E-state index contributed by atoms with van der Waals surface area (Å²) in [4.78, 5) is 2.23. The second kappa shape index (κ2) is 21.1. The van der Waals surface area contributed by atoms with Crippen LogP contribution in [0.5, 0.6) is 0 Å². The summed E-state index contributed by atoms with van der Waals surface area (Å²) in [6.45, 7) is 10.6. The average molecular weight is 289 g/mol. The zero-order valence-electron chi connectivity index (χ0n) is 14.5. The molecule has 0 fully saturated rings. The molecule has 4 nitrogen and oxygen atoms in total. The number of nitrogens with one attached hydrogen (secondary N) is 2. The van der Waals surface area contributed by atoms with Crippen molar-refractivity contribution in [2.75, 3.05) is 53.4 Å². The first-order valence-electron chi connectivity index (χ1n) is 8.45. The van der Waals surface area contributed by atoms with Gasteiger partial charge in [0.25, 0.3) is 0 Å². The van der Waals surface area contributed by atoms with Gasteiger partial charge in [0, 0.05) is 26.2 Å². The molecule has 4 N–H and O–H groups in total. The summed E-state index contributed by atoms with van der Waals surface area (Å²) in [6, 6.07) is 0. The lowest BCUT2D eigenvalue weighted by molar-refractivity contribution is 0.393. The van der Waals surface area contributed by atoms with Gasteiger partial charge in [0.15, 0.2) is 0 Å². The van der Waals surface area contributed by atoms with E-state index in [-0.39, 0.29) is 0 Å². The second-order valence-electron chi connectivity index (χ2n) is 5.51. The first-order valence-corrected chi connectivity index (χ1v) is 8.45. The second-order valence-corrected chi connectivity index (χ2v) is 5.51. The van der Waals surface area contributed by atoms with E-state index in [1.54, 1.807) is 0 Å². The highest BCUT2D eigenvalue weighted by Gasteiger charge is 1.87. The van der Waals surface area contributed by atoms with Gasteiger partial charge in [0.05, 0.1) is 0 Å². The summed E-state index contributed by atoms with van der Waals surface area (Å²) >= 11 is 0. The molecule has 0 aromatic rings. The number of hydrogen-bond acceptors (Lipinski definition) is 4. The molecule has 0 amide bonds. The van der Waals surface area contributed by atoms with Crippen LogP contribution in [0.15, 0.2) is 0 Å². The third-order valence-electron chi connectivity index (χ3n) is 2.97. The van der Waals surface area contributed by atoms with Gasteiger partial charge in [-0.05, 0) is 40.0 Å². The van der Waals surface area contributed by atoms with Crippen molar-refractivity contribution < 1.29 is 0 Å². The standard InChI is InChI=1S/C9H23N3.C7H17N/c1-2-3-4-6-11-8-9-12-7-5-10;1-4-5-6-7-8(2)3/h11-12H,2-10H2,1H3;4-7H2,1-3H3. The number of nitrogens with two attached hydrogens (primary N) is 1. The van der Waals surface area contributed by atoms with E-state index < -0.39 is 0 Å². The lowest BCUT2D eigenvalue weighted by atomic mass is 10.2. The molecule has 0 aromatic carbocycles.